The van der Waals surface area contributed by atoms with Crippen molar-refractivity contribution in [2.45, 2.75) is 13.3 Å². The molecule has 1 aliphatic rings. The normalized spacial score (nSPS) is 18.2. The van der Waals surface area contributed by atoms with Crippen molar-refractivity contribution < 1.29 is 0 Å². The molecule has 1 aromatic carbocycles. The van der Waals surface area contributed by atoms with Gasteiger partial charge in [0.1, 0.15) is 11.9 Å². The van der Waals surface area contributed by atoms with Crippen LogP contribution in [0.1, 0.15) is 18.9 Å². The summed E-state index contributed by atoms with van der Waals surface area (Å²) in [6.07, 6.45) is 3.46. The molecule has 0 unspecified atom stereocenters. The zero-order chi connectivity index (χ0) is 9.47. The van der Waals surface area contributed by atoms with E-state index in [0.29, 0.717) is 0 Å². The molecule has 0 aliphatic carbocycles. The Morgan fingerprint density at radius 1 is 1.15 bits per heavy atom. The molecular formula is C12H16N+. The van der Waals surface area contributed by atoms with Crippen molar-refractivity contribution in [3.8, 4) is 0 Å². The number of nitrogens with zero attached hydrogens (tertiary/aromatic N) is 1. The predicted molar refractivity (Wildman–Crippen MR) is 58.4 cm³/mol. The van der Waals surface area contributed by atoms with E-state index in [-0.39, 0.29) is 0 Å². The number of para-hydroxylation sites is 1. The van der Waals surface area contributed by atoms with Crippen LogP contribution in [-0.4, -0.2) is 14.1 Å². The summed E-state index contributed by atoms with van der Waals surface area (Å²) in [5, 5.41) is 0. The first-order valence-corrected chi connectivity index (χ1v) is 4.80. The summed E-state index contributed by atoms with van der Waals surface area (Å²) in [7, 11) is 4.45. The summed E-state index contributed by atoms with van der Waals surface area (Å²) in [5.74, 6) is 0. The Hall–Kier alpha value is -1.08. The predicted octanol–water partition coefficient (Wildman–Crippen LogP) is 3.02. The van der Waals surface area contributed by atoms with Gasteiger partial charge < -0.3 is 0 Å². The molecule has 0 saturated heterocycles. The van der Waals surface area contributed by atoms with Crippen LogP contribution in [0.15, 0.2) is 30.5 Å². The number of allylic oxidation sites excluding steroid dienone is 1. The molecule has 0 bridgehead atoms. The molecule has 0 N–H and O–H groups in total. The zero-order valence-corrected chi connectivity index (χ0v) is 8.54. The van der Waals surface area contributed by atoms with Gasteiger partial charge in [0.15, 0.2) is 0 Å². The highest BCUT2D eigenvalue weighted by Crippen LogP contribution is 2.38. The standard InChI is InChI=1S/C12H16N/c1-4-10-9-13(2,3)12-8-6-5-7-11(10)12/h5-9H,4H2,1-3H3/q+1. The SMILES string of the molecule is CCC1=C[N+](C)(C)c2ccccc21. The number of quaternary nitrogens is 1. The highest BCUT2D eigenvalue weighted by Gasteiger charge is 2.29. The molecule has 1 nitrogen and oxygen atoms in total. The number of hydrogen-bond acceptors (Lipinski definition) is 0. The van der Waals surface area contributed by atoms with Gasteiger partial charge in [0.25, 0.3) is 0 Å². The molecule has 0 amide bonds. The highest BCUT2D eigenvalue weighted by atomic mass is 15.3. The van der Waals surface area contributed by atoms with Gasteiger partial charge in [0, 0.05) is 17.2 Å². The molecule has 0 spiro atoms. The molecule has 0 atom stereocenters. The Balaban J connectivity index is 2.61. The lowest BCUT2D eigenvalue weighted by molar-refractivity contribution is 0.550. The largest absolute Gasteiger partial charge is 0.269 e. The molecule has 0 radical (unpaired) electrons. The van der Waals surface area contributed by atoms with Crippen molar-refractivity contribution in [3.63, 3.8) is 0 Å². The molecule has 1 heteroatoms. The second-order valence-corrected chi connectivity index (χ2v) is 4.06. The quantitative estimate of drug-likeness (QED) is 0.574. The van der Waals surface area contributed by atoms with Gasteiger partial charge in [-0.3, -0.25) is 4.48 Å². The van der Waals surface area contributed by atoms with E-state index in [1.807, 2.05) is 0 Å². The van der Waals surface area contributed by atoms with Crippen LogP contribution in [0.5, 0.6) is 0 Å². The van der Waals surface area contributed by atoms with Crippen LogP contribution in [0.25, 0.3) is 5.57 Å². The molecular weight excluding hydrogens is 158 g/mol. The summed E-state index contributed by atoms with van der Waals surface area (Å²) in [4.78, 5) is 0. The minimum Gasteiger partial charge on any atom is -0.269 e. The van der Waals surface area contributed by atoms with Gasteiger partial charge >= 0.3 is 0 Å². The van der Waals surface area contributed by atoms with Crippen LogP contribution in [0.2, 0.25) is 0 Å². The van der Waals surface area contributed by atoms with Crippen LogP contribution in [0.4, 0.5) is 5.69 Å². The second-order valence-electron chi connectivity index (χ2n) is 4.06. The zero-order valence-electron chi connectivity index (χ0n) is 8.54. The second kappa shape index (κ2) is 2.71. The van der Waals surface area contributed by atoms with E-state index >= 15 is 0 Å². The fraction of sp³-hybridized carbons (Fsp3) is 0.333. The molecule has 0 saturated carbocycles. The van der Waals surface area contributed by atoms with Gasteiger partial charge in [-0.05, 0) is 12.5 Å². The number of hydrogen-bond donors (Lipinski definition) is 0. The summed E-state index contributed by atoms with van der Waals surface area (Å²) < 4.78 is 0.888. The molecule has 1 heterocycles. The third-order valence-electron chi connectivity index (χ3n) is 2.73. The van der Waals surface area contributed by atoms with Crippen molar-refractivity contribution in [1.82, 2.24) is 4.48 Å². The van der Waals surface area contributed by atoms with Gasteiger partial charge in [-0.1, -0.05) is 19.1 Å². The number of rotatable bonds is 1. The van der Waals surface area contributed by atoms with Crippen molar-refractivity contribution in [3.05, 3.63) is 36.0 Å². The van der Waals surface area contributed by atoms with Crippen molar-refractivity contribution in [2.24, 2.45) is 0 Å². The summed E-state index contributed by atoms with van der Waals surface area (Å²) in [5.41, 5.74) is 4.31. The lowest BCUT2D eigenvalue weighted by Crippen LogP contribution is -2.31. The first-order valence-electron chi connectivity index (χ1n) is 4.80. The lowest BCUT2D eigenvalue weighted by Gasteiger charge is -2.20. The fourth-order valence-electron chi connectivity index (χ4n) is 2.06. The minimum absolute atomic E-state index is 0.888. The summed E-state index contributed by atoms with van der Waals surface area (Å²) >= 11 is 0. The van der Waals surface area contributed by atoms with E-state index in [2.05, 4.69) is 51.5 Å². The van der Waals surface area contributed by atoms with Gasteiger partial charge in [0.2, 0.25) is 0 Å². The van der Waals surface area contributed by atoms with Gasteiger partial charge in [-0.25, -0.2) is 0 Å². The van der Waals surface area contributed by atoms with Crippen molar-refractivity contribution in [1.29, 1.82) is 0 Å². The molecule has 1 aromatic rings. The van der Waals surface area contributed by atoms with E-state index in [1.165, 1.54) is 16.8 Å². The third kappa shape index (κ3) is 1.20. The maximum Gasteiger partial charge on any atom is 0.144 e. The van der Waals surface area contributed by atoms with Crippen LogP contribution in [-0.2, 0) is 0 Å². The third-order valence-corrected chi connectivity index (χ3v) is 2.73. The average molecular weight is 174 g/mol. The topological polar surface area (TPSA) is 0 Å². The molecule has 0 aromatic heterocycles. The van der Waals surface area contributed by atoms with Crippen LogP contribution in [0, 0.1) is 0 Å². The highest BCUT2D eigenvalue weighted by molar-refractivity contribution is 5.81. The fourth-order valence-corrected chi connectivity index (χ4v) is 2.06. The van der Waals surface area contributed by atoms with Crippen LogP contribution in [0.3, 0.4) is 0 Å². The Bertz CT molecular complexity index is 361. The van der Waals surface area contributed by atoms with E-state index in [1.54, 1.807) is 0 Å². The van der Waals surface area contributed by atoms with Crippen molar-refractivity contribution in [2.75, 3.05) is 14.1 Å². The first kappa shape index (κ1) is 8.52. The van der Waals surface area contributed by atoms with E-state index in [9.17, 15) is 0 Å². The van der Waals surface area contributed by atoms with E-state index in [0.717, 1.165) is 10.9 Å². The summed E-state index contributed by atoms with van der Waals surface area (Å²) in [6, 6.07) is 8.67. The molecule has 1 aliphatic heterocycles. The maximum atomic E-state index is 2.34. The number of benzene rings is 1. The Labute approximate surface area is 79.9 Å². The Kier molecular flexibility index (Phi) is 1.77. The van der Waals surface area contributed by atoms with E-state index in [4.69, 9.17) is 0 Å². The van der Waals surface area contributed by atoms with Gasteiger partial charge in [-0.2, -0.15) is 0 Å². The van der Waals surface area contributed by atoms with Crippen LogP contribution >= 0.6 is 0 Å². The lowest BCUT2D eigenvalue weighted by atomic mass is 10.1. The Morgan fingerprint density at radius 2 is 1.85 bits per heavy atom. The first-order chi connectivity index (χ1) is 6.15. The minimum atomic E-state index is 0.888. The van der Waals surface area contributed by atoms with Gasteiger partial charge in [-0.15, -0.1) is 0 Å². The molecule has 0 fully saturated rings. The average Bonchev–Trinajstić information content (AvgIpc) is 2.39. The molecule has 2 rings (SSSR count). The van der Waals surface area contributed by atoms with Crippen LogP contribution < -0.4 is 4.48 Å². The summed E-state index contributed by atoms with van der Waals surface area (Å²) in [6.45, 7) is 2.22. The van der Waals surface area contributed by atoms with E-state index < -0.39 is 0 Å². The number of fused-ring (bicyclic) bond motifs is 1. The smallest absolute Gasteiger partial charge is 0.144 e. The van der Waals surface area contributed by atoms with Crippen molar-refractivity contribution >= 4 is 11.3 Å². The monoisotopic (exact) mass is 174 g/mol. The van der Waals surface area contributed by atoms with Gasteiger partial charge in [0.05, 0.1) is 14.1 Å². The Morgan fingerprint density at radius 3 is 2.54 bits per heavy atom. The molecule has 68 valence electrons. The molecule has 13 heavy (non-hydrogen) atoms. The maximum absolute atomic E-state index is 2.34.